The van der Waals surface area contributed by atoms with Gasteiger partial charge < -0.3 is 14.8 Å². The lowest BCUT2D eigenvalue weighted by atomic mass is 10.2. The molecule has 0 atom stereocenters. The molecule has 6 heteroatoms. The summed E-state index contributed by atoms with van der Waals surface area (Å²) >= 11 is 0. The lowest BCUT2D eigenvalue weighted by Gasteiger charge is -2.13. The molecule has 1 amide bonds. The molecule has 0 unspecified atom stereocenters. The van der Waals surface area contributed by atoms with Gasteiger partial charge in [-0.15, -0.1) is 0 Å². The van der Waals surface area contributed by atoms with E-state index in [1.54, 1.807) is 49.8 Å². The number of amides is 1. The third-order valence-electron chi connectivity index (χ3n) is 3.69. The Hall–Kier alpha value is -3.41. The third-order valence-corrected chi connectivity index (χ3v) is 3.69. The van der Waals surface area contributed by atoms with Gasteiger partial charge in [-0.3, -0.25) is 9.78 Å². The number of nitrogens with zero attached hydrogens (tertiary/aromatic N) is 2. The average Bonchev–Trinajstić information content (AvgIpc) is 2.67. The van der Waals surface area contributed by atoms with Gasteiger partial charge in [-0.1, -0.05) is 6.07 Å². The van der Waals surface area contributed by atoms with E-state index < -0.39 is 0 Å². The SMILES string of the molecule is COc1ccc(NC(=O)c2cccc(C)n2)cc1OCc1ccncc1. The van der Waals surface area contributed by atoms with Crippen molar-refractivity contribution >= 4 is 11.6 Å². The van der Waals surface area contributed by atoms with Crippen LogP contribution in [0.15, 0.2) is 60.9 Å². The maximum atomic E-state index is 12.4. The molecule has 0 radical (unpaired) electrons. The van der Waals surface area contributed by atoms with Crippen LogP contribution in [0, 0.1) is 6.92 Å². The molecule has 1 aromatic carbocycles. The van der Waals surface area contributed by atoms with E-state index in [0.29, 0.717) is 29.5 Å². The molecule has 0 bridgehead atoms. The molecule has 2 aromatic heterocycles. The first-order chi connectivity index (χ1) is 12.7. The Morgan fingerprint density at radius 2 is 1.88 bits per heavy atom. The molecular weight excluding hydrogens is 330 g/mol. The Balaban J connectivity index is 1.75. The number of aryl methyl sites for hydroxylation is 1. The summed E-state index contributed by atoms with van der Waals surface area (Å²) in [6, 6.07) is 14.3. The predicted molar refractivity (Wildman–Crippen MR) is 98.5 cm³/mol. The maximum Gasteiger partial charge on any atom is 0.274 e. The van der Waals surface area contributed by atoms with E-state index in [2.05, 4.69) is 15.3 Å². The van der Waals surface area contributed by atoms with Gasteiger partial charge in [0.05, 0.1) is 7.11 Å². The number of hydrogen-bond donors (Lipinski definition) is 1. The van der Waals surface area contributed by atoms with Gasteiger partial charge >= 0.3 is 0 Å². The number of hydrogen-bond acceptors (Lipinski definition) is 5. The van der Waals surface area contributed by atoms with Gasteiger partial charge in [-0.25, -0.2) is 4.98 Å². The van der Waals surface area contributed by atoms with E-state index in [-0.39, 0.29) is 5.91 Å². The zero-order valence-electron chi connectivity index (χ0n) is 14.6. The Bertz CT molecular complexity index is 898. The second kappa shape index (κ2) is 8.11. The van der Waals surface area contributed by atoms with E-state index >= 15 is 0 Å². The highest BCUT2D eigenvalue weighted by Gasteiger charge is 2.11. The van der Waals surface area contributed by atoms with Crippen molar-refractivity contribution in [2.45, 2.75) is 13.5 Å². The van der Waals surface area contributed by atoms with Crippen molar-refractivity contribution in [2.75, 3.05) is 12.4 Å². The van der Waals surface area contributed by atoms with Crippen LogP contribution in [0.1, 0.15) is 21.7 Å². The normalized spacial score (nSPS) is 10.2. The summed E-state index contributed by atoms with van der Waals surface area (Å²) in [6.45, 7) is 2.21. The molecule has 1 N–H and O–H groups in total. The molecule has 26 heavy (non-hydrogen) atoms. The molecule has 6 nitrogen and oxygen atoms in total. The first kappa shape index (κ1) is 17.4. The minimum atomic E-state index is -0.279. The van der Waals surface area contributed by atoms with Crippen LogP contribution in [0.2, 0.25) is 0 Å². The molecule has 3 aromatic rings. The molecular formula is C20H19N3O3. The Labute approximate surface area is 151 Å². The Morgan fingerprint density at radius 1 is 1.08 bits per heavy atom. The summed E-state index contributed by atoms with van der Waals surface area (Å²) in [5, 5.41) is 2.83. The largest absolute Gasteiger partial charge is 0.493 e. The van der Waals surface area contributed by atoms with Crippen LogP contribution in [0.25, 0.3) is 0 Å². The van der Waals surface area contributed by atoms with Gasteiger partial charge in [0.2, 0.25) is 0 Å². The summed E-state index contributed by atoms with van der Waals surface area (Å²) in [4.78, 5) is 20.6. The van der Waals surface area contributed by atoms with E-state index in [0.717, 1.165) is 11.3 Å². The van der Waals surface area contributed by atoms with E-state index in [9.17, 15) is 4.79 Å². The van der Waals surface area contributed by atoms with Crippen molar-refractivity contribution in [3.05, 3.63) is 77.9 Å². The fourth-order valence-corrected chi connectivity index (χ4v) is 2.37. The topological polar surface area (TPSA) is 73.3 Å². The van der Waals surface area contributed by atoms with Crippen molar-refractivity contribution in [1.82, 2.24) is 9.97 Å². The van der Waals surface area contributed by atoms with Crippen LogP contribution in [0.5, 0.6) is 11.5 Å². The molecule has 0 fully saturated rings. The lowest BCUT2D eigenvalue weighted by Crippen LogP contribution is -2.14. The first-order valence-corrected chi connectivity index (χ1v) is 8.10. The van der Waals surface area contributed by atoms with Gasteiger partial charge in [-0.05, 0) is 48.9 Å². The van der Waals surface area contributed by atoms with Crippen molar-refractivity contribution in [2.24, 2.45) is 0 Å². The van der Waals surface area contributed by atoms with Crippen LogP contribution >= 0.6 is 0 Å². The summed E-state index contributed by atoms with van der Waals surface area (Å²) in [5.41, 5.74) is 2.73. The molecule has 0 aliphatic heterocycles. The standard InChI is InChI=1S/C20H19N3O3/c1-14-4-3-5-17(22-14)20(24)23-16-6-7-18(25-2)19(12-16)26-13-15-8-10-21-11-9-15/h3-12H,13H2,1-2H3,(H,23,24). The fourth-order valence-electron chi connectivity index (χ4n) is 2.37. The molecule has 3 rings (SSSR count). The first-order valence-electron chi connectivity index (χ1n) is 8.10. The van der Waals surface area contributed by atoms with Gasteiger partial charge in [0, 0.05) is 29.8 Å². The Kier molecular flexibility index (Phi) is 5.43. The molecule has 2 heterocycles. The summed E-state index contributed by atoms with van der Waals surface area (Å²) in [5.74, 6) is 0.851. The van der Waals surface area contributed by atoms with Crippen LogP contribution in [0.3, 0.4) is 0 Å². The Morgan fingerprint density at radius 3 is 2.62 bits per heavy atom. The van der Waals surface area contributed by atoms with Crippen LogP contribution in [-0.2, 0) is 6.61 Å². The number of carbonyl (C=O) groups is 1. The highest BCUT2D eigenvalue weighted by molar-refractivity contribution is 6.03. The van der Waals surface area contributed by atoms with Crippen LogP contribution in [0.4, 0.5) is 5.69 Å². The minimum Gasteiger partial charge on any atom is -0.493 e. The number of pyridine rings is 2. The number of aromatic nitrogens is 2. The van der Waals surface area contributed by atoms with E-state index in [1.165, 1.54) is 0 Å². The smallest absolute Gasteiger partial charge is 0.274 e. The number of anilines is 1. The van der Waals surface area contributed by atoms with Crippen molar-refractivity contribution in [1.29, 1.82) is 0 Å². The number of ether oxygens (including phenoxy) is 2. The monoisotopic (exact) mass is 349 g/mol. The highest BCUT2D eigenvalue weighted by atomic mass is 16.5. The number of methoxy groups -OCH3 is 1. The molecule has 0 saturated heterocycles. The van der Waals surface area contributed by atoms with Crippen molar-refractivity contribution in [3.8, 4) is 11.5 Å². The zero-order chi connectivity index (χ0) is 18.4. The zero-order valence-corrected chi connectivity index (χ0v) is 14.6. The van der Waals surface area contributed by atoms with Crippen LogP contribution in [-0.4, -0.2) is 23.0 Å². The quantitative estimate of drug-likeness (QED) is 0.736. The second-order valence-corrected chi connectivity index (χ2v) is 5.63. The average molecular weight is 349 g/mol. The van der Waals surface area contributed by atoms with E-state index in [4.69, 9.17) is 9.47 Å². The maximum absolute atomic E-state index is 12.4. The highest BCUT2D eigenvalue weighted by Crippen LogP contribution is 2.31. The van der Waals surface area contributed by atoms with Crippen molar-refractivity contribution < 1.29 is 14.3 Å². The van der Waals surface area contributed by atoms with Gasteiger partial charge in [0.15, 0.2) is 11.5 Å². The summed E-state index contributed by atoms with van der Waals surface area (Å²) < 4.78 is 11.2. The minimum absolute atomic E-state index is 0.279. The van der Waals surface area contributed by atoms with E-state index in [1.807, 2.05) is 25.1 Å². The fraction of sp³-hybridized carbons (Fsp3) is 0.150. The second-order valence-electron chi connectivity index (χ2n) is 5.63. The summed E-state index contributed by atoms with van der Waals surface area (Å²) in [6.07, 6.45) is 3.42. The molecule has 0 saturated carbocycles. The predicted octanol–water partition coefficient (Wildman–Crippen LogP) is 3.62. The molecule has 132 valence electrons. The number of carbonyl (C=O) groups excluding carboxylic acids is 1. The third kappa shape index (κ3) is 4.36. The molecule has 0 aliphatic carbocycles. The van der Waals surface area contributed by atoms with Crippen LogP contribution < -0.4 is 14.8 Å². The summed E-state index contributed by atoms with van der Waals surface area (Å²) in [7, 11) is 1.57. The molecule has 0 spiro atoms. The number of nitrogens with one attached hydrogen (secondary N) is 1. The lowest BCUT2D eigenvalue weighted by molar-refractivity contribution is 0.102. The molecule has 0 aliphatic rings. The number of benzene rings is 1. The van der Waals surface area contributed by atoms with Gasteiger partial charge in [-0.2, -0.15) is 0 Å². The number of rotatable bonds is 6. The van der Waals surface area contributed by atoms with Crippen molar-refractivity contribution in [3.63, 3.8) is 0 Å². The van der Waals surface area contributed by atoms with Gasteiger partial charge in [0.1, 0.15) is 12.3 Å². The van der Waals surface area contributed by atoms with Gasteiger partial charge in [0.25, 0.3) is 5.91 Å².